The van der Waals surface area contributed by atoms with Crippen LogP contribution in [0.1, 0.15) is 149 Å². The summed E-state index contributed by atoms with van der Waals surface area (Å²) in [7, 11) is 0. The van der Waals surface area contributed by atoms with Crippen LogP contribution in [-0.4, -0.2) is 36.4 Å². The summed E-state index contributed by atoms with van der Waals surface area (Å²) in [6.07, 6.45) is 21.5. The minimum Gasteiger partial charge on any atom is -0.463 e. The lowest BCUT2D eigenvalue weighted by molar-refractivity contribution is -0.152. The van der Waals surface area contributed by atoms with Gasteiger partial charge in [0.1, 0.15) is 19.3 Å². The van der Waals surface area contributed by atoms with Crippen LogP contribution >= 0.6 is 0 Å². The Hall–Kier alpha value is -1.10. The molecule has 0 bridgehead atoms. The first kappa shape index (κ1) is 32.9. The fraction of sp³-hybridized carbons (Fsp3) is 0.931. The number of aliphatic hydroxyl groups is 1. The second kappa shape index (κ2) is 25.0. The van der Waals surface area contributed by atoms with Crippen molar-refractivity contribution in [2.45, 2.75) is 155 Å². The van der Waals surface area contributed by atoms with Gasteiger partial charge in [-0.3, -0.25) is 9.59 Å². The molecule has 0 rings (SSSR count). The van der Waals surface area contributed by atoms with Crippen molar-refractivity contribution >= 4 is 11.9 Å². The highest BCUT2D eigenvalue weighted by Crippen LogP contribution is 2.15. The molecule has 0 aromatic rings. The van der Waals surface area contributed by atoms with Crippen molar-refractivity contribution in [3.05, 3.63) is 0 Å². The summed E-state index contributed by atoms with van der Waals surface area (Å²) < 4.78 is 10.2. The summed E-state index contributed by atoms with van der Waals surface area (Å²) in [5.74, 6) is 0.264. The molecule has 34 heavy (non-hydrogen) atoms. The summed E-state index contributed by atoms with van der Waals surface area (Å²) in [5.41, 5.74) is 0. The number of unbranched alkanes of at least 4 members (excludes halogenated alkanes) is 14. The predicted octanol–water partition coefficient (Wildman–Crippen LogP) is 7.91. The molecule has 2 atom stereocenters. The van der Waals surface area contributed by atoms with E-state index in [2.05, 4.69) is 20.8 Å². The highest BCUT2D eigenvalue weighted by atomic mass is 16.6. The topological polar surface area (TPSA) is 72.8 Å². The third-order valence-electron chi connectivity index (χ3n) is 6.63. The molecule has 0 aliphatic heterocycles. The molecule has 0 aliphatic rings. The SMILES string of the molecule is CCCCCCCCCCCCC(=O)OC[C@@H](O)COC(=O)CCCCCCCCC(C)CC. The van der Waals surface area contributed by atoms with E-state index in [0.29, 0.717) is 12.8 Å². The van der Waals surface area contributed by atoms with E-state index >= 15 is 0 Å². The fourth-order valence-corrected chi connectivity index (χ4v) is 4.00. The van der Waals surface area contributed by atoms with Crippen LogP contribution in [0, 0.1) is 5.92 Å². The molecule has 5 heteroatoms. The Morgan fingerprint density at radius 3 is 1.41 bits per heavy atom. The number of ether oxygens (including phenoxy) is 2. The van der Waals surface area contributed by atoms with E-state index in [1.54, 1.807) is 0 Å². The molecule has 202 valence electrons. The summed E-state index contributed by atoms with van der Waals surface area (Å²) in [6.45, 7) is 6.57. The van der Waals surface area contributed by atoms with Crippen LogP contribution < -0.4 is 0 Å². The second-order valence-corrected chi connectivity index (χ2v) is 10.1. The Morgan fingerprint density at radius 2 is 1.00 bits per heavy atom. The van der Waals surface area contributed by atoms with Gasteiger partial charge >= 0.3 is 11.9 Å². The molecule has 0 saturated heterocycles. The first-order valence-corrected chi connectivity index (χ1v) is 14.5. The van der Waals surface area contributed by atoms with Crippen molar-refractivity contribution in [2.24, 2.45) is 5.92 Å². The van der Waals surface area contributed by atoms with Gasteiger partial charge in [0, 0.05) is 12.8 Å². The number of aliphatic hydroxyl groups excluding tert-OH is 1. The highest BCUT2D eigenvalue weighted by molar-refractivity contribution is 5.69. The molecule has 0 aromatic heterocycles. The van der Waals surface area contributed by atoms with Crippen molar-refractivity contribution < 1.29 is 24.2 Å². The third kappa shape index (κ3) is 24.0. The van der Waals surface area contributed by atoms with Gasteiger partial charge in [-0.15, -0.1) is 0 Å². The molecule has 0 aliphatic carbocycles. The lowest BCUT2D eigenvalue weighted by atomic mass is 10.00. The summed E-state index contributed by atoms with van der Waals surface area (Å²) in [4.78, 5) is 23.6. The summed E-state index contributed by atoms with van der Waals surface area (Å²) >= 11 is 0. The van der Waals surface area contributed by atoms with Gasteiger partial charge in [-0.2, -0.15) is 0 Å². The van der Waals surface area contributed by atoms with E-state index in [-0.39, 0.29) is 25.2 Å². The van der Waals surface area contributed by atoms with Crippen molar-refractivity contribution in [1.29, 1.82) is 0 Å². The van der Waals surface area contributed by atoms with Crippen molar-refractivity contribution in [3.8, 4) is 0 Å². The van der Waals surface area contributed by atoms with Crippen LogP contribution in [0.3, 0.4) is 0 Å². The largest absolute Gasteiger partial charge is 0.463 e. The van der Waals surface area contributed by atoms with E-state index in [9.17, 15) is 14.7 Å². The van der Waals surface area contributed by atoms with Gasteiger partial charge in [0.25, 0.3) is 0 Å². The number of carbonyl (C=O) groups is 2. The smallest absolute Gasteiger partial charge is 0.305 e. The molecule has 0 heterocycles. The van der Waals surface area contributed by atoms with E-state index in [4.69, 9.17) is 9.47 Å². The fourth-order valence-electron chi connectivity index (χ4n) is 4.00. The van der Waals surface area contributed by atoms with Gasteiger partial charge in [0.2, 0.25) is 0 Å². The molecular weight excluding hydrogens is 428 g/mol. The molecule has 0 amide bonds. The Balaban J connectivity index is 3.46. The normalized spacial score (nSPS) is 12.9. The number of hydrogen-bond acceptors (Lipinski definition) is 5. The van der Waals surface area contributed by atoms with E-state index in [0.717, 1.165) is 44.4 Å². The number of esters is 2. The van der Waals surface area contributed by atoms with Gasteiger partial charge in [-0.05, 0) is 18.8 Å². The van der Waals surface area contributed by atoms with E-state index in [1.165, 1.54) is 77.0 Å². The number of rotatable bonds is 25. The van der Waals surface area contributed by atoms with Crippen LogP contribution in [0.4, 0.5) is 0 Å². The quantitative estimate of drug-likeness (QED) is 0.105. The average molecular weight is 485 g/mol. The molecule has 0 fully saturated rings. The average Bonchev–Trinajstić information content (AvgIpc) is 2.83. The van der Waals surface area contributed by atoms with Crippen LogP contribution in [0.2, 0.25) is 0 Å². The van der Waals surface area contributed by atoms with Gasteiger partial charge in [-0.25, -0.2) is 0 Å². The molecular formula is C29H56O5. The first-order valence-electron chi connectivity index (χ1n) is 14.5. The number of hydrogen-bond donors (Lipinski definition) is 1. The Labute approximate surface area is 210 Å². The Morgan fingerprint density at radius 1 is 0.618 bits per heavy atom. The standard InChI is InChI=1S/C29H56O5/c1-4-6-7-8-9-10-11-12-16-19-22-28(31)33-24-27(30)25-34-29(32)23-20-17-14-13-15-18-21-26(3)5-2/h26-27,30H,4-25H2,1-3H3/t26?,27-/m1/s1. The monoisotopic (exact) mass is 484 g/mol. The summed E-state index contributed by atoms with van der Waals surface area (Å²) in [5, 5.41) is 9.89. The minimum absolute atomic E-state index is 0.111. The van der Waals surface area contributed by atoms with Crippen LogP contribution in [-0.2, 0) is 19.1 Å². The Kier molecular flexibility index (Phi) is 24.2. The molecule has 0 saturated carbocycles. The second-order valence-electron chi connectivity index (χ2n) is 10.1. The van der Waals surface area contributed by atoms with Crippen molar-refractivity contribution in [3.63, 3.8) is 0 Å². The maximum Gasteiger partial charge on any atom is 0.305 e. The predicted molar refractivity (Wildman–Crippen MR) is 141 cm³/mol. The third-order valence-corrected chi connectivity index (χ3v) is 6.63. The zero-order chi connectivity index (χ0) is 25.3. The van der Waals surface area contributed by atoms with Crippen LogP contribution in [0.15, 0.2) is 0 Å². The van der Waals surface area contributed by atoms with Gasteiger partial charge in [0.05, 0.1) is 0 Å². The van der Waals surface area contributed by atoms with Gasteiger partial charge in [-0.1, -0.05) is 124 Å². The first-order chi connectivity index (χ1) is 16.5. The van der Waals surface area contributed by atoms with Gasteiger partial charge in [0.15, 0.2) is 0 Å². The minimum atomic E-state index is -0.953. The number of carbonyl (C=O) groups excluding carboxylic acids is 2. The lowest BCUT2D eigenvalue weighted by Gasteiger charge is -2.12. The zero-order valence-electron chi connectivity index (χ0n) is 22.8. The molecule has 5 nitrogen and oxygen atoms in total. The van der Waals surface area contributed by atoms with E-state index < -0.39 is 6.10 Å². The molecule has 0 aromatic carbocycles. The zero-order valence-corrected chi connectivity index (χ0v) is 22.8. The maximum absolute atomic E-state index is 11.8. The van der Waals surface area contributed by atoms with Gasteiger partial charge < -0.3 is 14.6 Å². The van der Waals surface area contributed by atoms with Crippen molar-refractivity contribution in [1.82, 2.24) is 0 Å². The molecule has 1 unspecified atom stereocenters. The maximum atomic E-state index is 11.8. The highest BCUT2D eigenvalue weighted by Gasteiger charge is 2.12. The van der Waals surface area contributed by atoms with E-state index in [1.807, 2.05) is 0 Å². The molecule has 1 N–H and O–H groups in total. The van der Waals surface area contributed by atoms with Crippen LogP contribution in [0.25, 0.3) is 0 Å². The molecule has 0 spiro atoms. The molecule has 0 radical (unpaired) electrons. The van der Waals surface area contributed by atoms with Crippen LogP contribution in [0.5, 0.6) is 0 Å². The Bertz CT molecular complexity index is 465. The van der Waals surface area contributed by atoms with Crippen molar-refractivity contribution in [2.75, 3.05) is 13.2 Å². The lowest BCUT2D eigenvalue weighted by Crippen LogP contribution is -2.25. The summed E-state index contributed by atoms with van der Waals surface area (Å²) in [6, 6.07) is 0.